The molecule has 0 spiro atoms. The minimum atomic E-state index is -3.73. The number of piperazine rings is 1. The van der Waals surface area contributed by atoms with E-state index in [-0.39, 0.29) is 22.9 Å². The molecule has 0 bridgehead atoms. The number of nitrogens with zero attached hydrogens (tertiary/aromatic N) is 3. The molecular formula is C21H30N4O5S. The summed E-state index contributed by atoms with van der Waals surface area (Å²) in [7, 11) is -3.73. The third-order valence-corrected chi connectivity index (χ3v) is 7.34. The Morgan fingerprint density at radius 3 is 2.52 bits per heavy atom. The number of sulfonamides is 1. The number of aromatic nitrogens is 2. The fraction of sp³-hybridized carbons (Fsp3) is 0.524. The second-order valence-corrected chi connectivity index (χ2v) is 9.54. The molecule has 0 aliphatic carbocycles. The molecule has 1 aromatic heterocycles. The summed E-state index contributed by atoms with van der Waals surface area (Å²) in [5.41, 5.74) is 1.27. The molecular weight excluding hydrogens is 420 g/mol. The van der Waals surface area contributed by atoms with Crippen LogP contribution in [0.3, 0.4) is 0 Å². The van der Waals surface area contributed by atoms with E-state index in [1.807, 2.05) is 11.8 Å². The summed E-state index contributed by atoms with van der Waals surface area (Å²) >= 11 is 0. The average Bonchev–Trinajstić information content (AvgIpc) is 2.76. The number of aryl methyl sites for hydroxylation is 1. The van der Waals surface area contributed by atoms with Gasteiger partial charge in [-0.3, -0.25) is 9.69 Å². The van der Waals surface area contributed by atoms with Gasteiger partial charge in [0.2, 0.25) is 10.0 Å². The Morgan fingerprint density at radius 1 is 1.19 bits per heavy atom. The maximum Gasteiger partial charge on any atom is 0.254 e. The number of aliphatic hydroxyl groups is 1. The Bertz CT molecular complexity index is 1080. The third-order valence-electron chi connectivity index (χ3n) is 5.45. The van der Waals surface area contributed by atoms with Crippen molar-refractivity contribution in [3.63, 3.8) is 0 Å². The summed E-state index contributed by atoms with van der Waals surface area (Å²) < 4.78 is 33.8. The molecule has 1 aliphatic heterocycles. The molecule has 0 saturated carbocycles. The maximum absolute atomic E-state index is 13.3. The van der Waals surface area contributed by atoms with Gasteiger partial charge < -0.3 is 14.8 Å². The zero-order valence-electron chi connectivity index (χ0n) is 18.2. The van der Waals surface area contributed by atoms with Crippen LogP contribution < -0.4 is 10.3 Å². The van der Waals surface area contributed by atoms with Crippen LogP contribution >= 0.6 is 0 Å². The van der Waals surface area contributed by atoms with E-state index in [0.29, 0.717) is 61.9 Å². The van der Waals surface area contributed by atoms with Crippen molar-refractivity contribution in [2.75, 3.05) is 45.9 Å². The predicted octanol–water partition coefficient (Wildman–Crippen LogP) is 1.14. The van der Waals surface area contributed by atoms with Crippen molar-refractivity contribution >= 4 is 10.0 Å². The van der Waals surface area contributed by atoms with E-state index in [0.717, 1.165) is 6.42 Å². The first-order valence-corrected chi connectivity index (χ1v) is 11.9. The zero-order valence-corrected chi connectivity index (χ0v) is 19.0. The van der Waals surface area contributed by atoms with Crippen LogP contribution in [0.4, 0.5) is 0 Å². The van der Waals surface area contributed by atoms with E-state index in [4.69, 9.17) is 9.84 Å². The predicted molar refractivity (Wildman–Crippen MR) is 118 cm³/mol. The number of aromatic amines is 1. The number of hydrogen-bond donors (Lipinski definition) is 2. The number of β-amino-alcohol motifs (C(OH)–C–C–N with tert-alkyl or cyclic N) is 1. The minimum absolute atomic E-state index is 0.0521. The molecule has 2 N–H and O–H groups in total. The Labute approximate surface area is 182 Å². The largest absolute Gasteiger partial charge is 0.493 e. The van der Waals surface area contributed by atoms with Gasteiger partial charge in [-0.15, -0.1) is 0 Å². The molecule has 1 fully saturated rings. The van der Waals surface area contributed by atoms with Gasteiger partial charge in [0.05, 0.1) is 23.7 Å². The van der Waals surface area contributed by atoms with E-state index in [2.05, 4.69) is 9.97 Å². The van der Waals surface area contributed by atoms with Gasteiger partial charge in [0.1, 0.15) is 11.6 Å². The first-order valence-electron chi connectivity index (χ1n) is 10.5. The molecule has 9 nitrogen and oxygen atoms in total. The van der Waals surface area contributed by atoms with E-state index < -0.39 is 10.0 Å². The van der Waals surface area contributed by atoms with Crippen molar-refractivity contribution in [1.82, 2.24) is 19.2 Å². The number of benzene rings is 1. The molecule has 31 heavy (non-hydrogen) atoms. The lowest BCUT2D eigenvalue weighted by molar-refractivity contribution is 0.151. The monoisotopic (exact) mass is 450 g/mol. The second kappa shape index (κ2) is 9.90. The lowest BCUT2D eigenvalue weighted by Crippen LogP contribution is -2.49. The molecule has 2 heterocycles. The Hall–Kier alpha value is -2.27. The minimum Gasteiger partial charge on any atom is -0.493 e. The molecule has 1 saturated heterocycles. The number of hydrogen-bond acceptors (Lipinski definition) is 7. The van der Waals surface area contributed by atoms with Crippen LogP contribution in [0.5, 0.6) is 5.75 Å². The van der Waals surface area contributed by atoms with Crippen molar-refractivity contribution in [1.29, 1.82) is 0 Å². The molecule has 0 amide bonds. The number of nitrogens with one attached hydrogen (secondary N) is 1. The van der Waals surface area contributed by atoms with Crippen molar-refractivity contribution in [2.24, 2.45) is 0 Å². The van der Waals surface area contributed by atoms with Gasteiger partial charge in [0.15, 0.2) is 0 Å². The molecule has 2 aromatic rings. The molecule has 170 valence electrons. The standard InChI is InChI=1S/C21H30N4O5S/c1-4-13-30-19-6-5-17(14-18(19)20-22-16(3)15(2)21(27)23-20)31(28,29)25-9-7-24(8-10-25)11-12-26/h5-6,14,26H,4,7-13H2,1-3H3,(H,22,23,27). The van der Waals surface area contributed by atoms with Gasteiger partial charge >= 0.3 is 0 Å². The number of ether oxygens (including phenoxy) is 1. The van der Waals surface area contributed by atoms with Crippen molar-refractivity contribution < 1.29 is 18.3 Å². The van der Waals surface area contributed by atoms with E-state index in [1.54, 1.807) is 19.9 Å². The van der Waals surface area contributed by atoms with Crippen LogP contribution in [0, 0.1) is 13.8 Å². The fourth-order valence-electron chi connectivity index (χ4n) is 3.45. The summed E-state index contributed by atoms with van der Waals surface area (Å²) in [6, 6.07) is 4.67. The van der Waals surface area contributed by atoms with Gasteiger partial charge in [-0.2, -0.15) is 4.31 Å². The van der Waals surface area contributed by atoms with E-state index in [1.165, 1.54) is 16.4 Å². The molecule has 0 atom stereocenters. The lowest BCUT2D eigenvalue weighted by Gasteiger charge is -2.33. The van der Waals surface area contributed by atoms with E-state index in [9.17, 15) is 13.2 Å². The zero-order chi connectivity index (χ0) is 22.6. The molecule has 1 aromatic carbocycles. The van der Waals surface area contributed by atoms with Crippen molar-refractivity contribution in [2.45, 2.75) is 32.1 Å². The van der Waals surface area contributed by atoms with Gasteiger partial charge in [0.25, 0.3) is 5.56 Å². The number of H-pyrrole nitrogens is 1. The normalized spacial score (nSPS) is 15.9. The molecule has 10 heteroatoms. The molecule has 1 aliphatic rings. The number of aliphatic hydroxyl groups excluding tert-OH is 1. The van der Waals surface area contributed by atoms with E-state index >= 15 is 0 Å². The van der Waals surface area contributed by atoms with Crippen molar-refractivity contribution in [3.8, 4) is 17.1 Å². The highest BCUT2D eigenvalue weighted by atomic mass is 32.2. The second-order valence-electron chi connectivity index (χ2n) is 7.60. The summed E-state index contributed by atoms with van der Waals surface area (Å²) in [4.78, 5) is 21.7. The van der Waals surface area contributed by atoms with Crippen LogP contribution in [-0.2, 0) is 10.0 Å². The Kier molecular flexibility index (Phi) is 7.47. The summed E-state index contributed by atoms with van der Waals surface area (Å²) in [5.74, 6) is 0.754. The van der Waals surface area contributed by atoms with Crippen LogP contribution in [0.1, 0.15) is 24.6 Å². The SMILES string of the molecule is CCCOc1ccc(S(=O)(=O)N2CCN(CCO)CC2)cc1-c1nc(C)c(C)c(=O)[nH]1. The topological polar surface area (TPSA) is 116 Å². The van der Waals surface area contributed by atoms with Gasteiger partial charge in [0, 0.05) is 44.0 Å². The Morgan fingerprint density at radius 2 is 1.90 bits per heavy atom. The lowest BCUT2D eigenvalue weighted by atomic mass is 10.1. The van der Waals surface area contributed by atoms with Crippen LogP contribution in [-0.4, -0.2) is 78.6 Å². The average molecular weight is 451 g/mol. The van der Waals surface area contributed by atoms with Crippen LogP contribution in [0.15, 0.2) is 27.9 Å². The highest BCUT2D eigenvalue weighted by Crippen LogP contribution is 2.31. The Balaban J connectivity index is 1.99. The first-order chi connectivity index (χ1) is 14.8. The van der Waals surface area contributed by atoms with Gasteiger partial charge in [-0.05, 0) is 38.5 Å². The summed E-state index contributed by atoms with van der Waals surface area (Å²) in [6.45, 7) is 8.29. The summed E-state index contributed by atoms with van der Waals surface area (Å²) in [6.07, 6.45) is 0.786. The van der Waals surface area contributed by atoms with Crippen molar-refractivity contribution in [3.05, 3.63) is 39.8 Å². The van der Waals surface area contributed by atoms with Crippen LogP contribution in [0.25, 0.3) is 11.4 Å². The fourth-order valence-corrected chi connectivity index (χ4v) is 4.90. The van der Waals surface area contributed by atoms with Gasteiger partial charge in [-0.1, -0.05) is 6.92 Å². The molecule has 0 unspecified atom stereocenters. The third kappa shape index (κ3) is 5.15. The smallest absolute Gasteiger partial charge is 0.254 e. The molecule has 0 radical (unpaired) electrons. The summed E-state index contributed by atoms with van der Waals surface area (Å²) in [5, 5.41) is 9.09. The maximum atomic E-state index is 13.3. The number of rotatable bonds is 8. The first kappa shape index (κ1) is 23.4. The molecule has 3 rings (SSSR count). The highest BCUT2D eigenvalue weighted by Gasteiger charge is 2.29. The van der Waals surface area contributed by atoms with Crippen LogP contribution in [0.2, 0.25) is 0 Å². The highest BCUT2D eigenvalue weighted by molar-refractivity contribution is 7.89. The quantitative estimate of drug-likeness (QED) is 0.620. The van der Waals surface area contributed by atoms with Gasteiger partial charge in [-0.25, -0.2) is 13.4 Å².